The predicted octanol–water partition coefficient (Wildman–Crippen LogP) is -3.42. The third-order valence-corrected chi connectivity index (χ3v) is 5.83. The molecular weight excluding hydrogens is 402 g/mol. The average molecular weight is 418 g/mol. The fraction of sp³-hybridized carbons (Fsp3) is 0.800. The topological polar surface area (TPSA) is 218 Å². The summed E-state index contributed by atoms with van der Waals surface area (Å²) in [6.07, 6.45) is -4.02. The van der Waals surface area contributed by atoms with E-state index >= 15 is 0 Å². The summed E-state index contributed by atoms with van der Waals surface area (Å²) in [6.45, 7) is -1.57. The van der Waals surface area contributed by atoms with E-state index in [1.165, 1.54) is 0 Å². The molecule has 2 aliphatic rings. The summed E-state index contributed by atoms with van der Waals surface area (Å²) in [4.78, 5) is 53.9. The Morgan fingerprint density at radius 1 is 1.35 bits per heavy atom. The number of aliphatic hydroxyl groups excluding tert-OH is 2. The number of carbonyl (C=O) groups excluding carboxylic acids is 2. The van der Waals surface area contributed by atoms with Crippen molar-refractivity contribution in [2.24, 2.45) is 5.92 Å². The molecule has 14 nitrogen and oxygen atoms in total. The lowest BCUT2D eigenvalue weighted by Crippen LogP contribution is -2.56. The third kappa shape index (κ3) is 5.30. The van der Waals surface area contributed by atoms with Gasteiger partial charge in [0.15, 0.2) is 6.23 Å². The van der Waals surface area contributed by atoms with Gasteiger partial charge in [-0.3, -0.25) is 23.8 Å². The van der Waals surface area contributed by atoms with Gasteiger partial charge in [-0.2, -0.15) is 0 Å². The molecule has 2 heterocycles. The summed E-state index contributed by atoms with van der Waals surface area (Å²) < 4.78 is 34.9. The number of hydrogen-bond acceptors (Lipinski definition) is 11. The van der Waals surface area contributed by atoms with E-state index in [2.05, 4.69) is 8.83 Å². The molecule has 26 heavy (non-hydrogen) atoms. The Labute approximate surface area is 146 Å². The van der Waals surface area contributed by atoms with E-state index in [-0.39, 0.29) is 13.0 Å². The first-order valence-corrected chi connectivity index (χ1v) is 10.1. The van der Waals surface area contributed by atoms with E-state index in [9.17, 15) is 38.7 Å². The number of phosphoric acid groups is 2. The first-order chi connectivity index (χ1) is 11.9. The molecule has 0 aromatic rings. The maximum atomic E-state index is 11.8. The minimum atomic E-state index is -5.80. The van der Waals surface area contributed by atoms with Gasteiger partial charge in [-0.25, -0.2) is 9.36 Å². The summed E-state index contributed by atoms with van der Waals surface area (Å²) in [5.74, 6) is -1.59. The van der Waals surface area contributed by atoms with Crippen molar-refractivity contribution in [3.8, 4) is 0 Å². The third-order valence-electron chi connectivity index (χ3n) is 3.73. The van der Waals surface area contributed by atoms with E-state index < -0.39 is 65.2 Å². The molecule has 5 atom stereocenters. The maximum absolute atomic E-state index is 11.8. The lowest BCUT2D eigenvalue weighted by atomic mass is 9.99. The standard InChI is InChI=1S/C10H18N2O12P2/c13-3-5-6(4-22-26(20,21)24-25(17,18)19)23-9(8(5)15)12-2-1-7(14)11-10(12)16/h5-6,8-9,13,15H,1-4H2,(H,20,21)(H,11,14,16)(H2,17,18,19)/p-2/t5-,6-,8-,9-/m1/s1. The van der Waals surface area contributed by atoms with E-state index in [4.69, 9.17) is 9.63 Å². The summed E-state index contributed by atoms with van der Waals surface area (Å²) in [6, 6.07) is -0.835. The van der Waals surface area contributed by atoms with E-state index in [1.54, 1.807) is 0 Å². The Morgan fingerprint density at radius 3 is 2.54 bits per heavy atom. The number of urea groups is 1. The number of nitrogens with one attached hydrogen (secondary N) is 1. The van der Waals surface area contributed by atoms with Crippen molar-refractivity contribution in [2.45, 2.75) is 24.9 Å². The molecule has 1 unspecified atom stereocenters. The first kappa shape index (κ1) is 21.4. The molecule has 2 saturated heterocycles. The van der Waals surface area contributed by atoms with E-state index in [0.717, 1.165) is 4.90 Å². The normalized spacial score (nSPS) is 32.4. The van der Waals surface area contributed by atoms with Gasteiger partial charge in [0.1, 0.15) is 6.10 Å². The zero-order valence-electron chi connectivity index (χ0n) is 13.0. The van der Waals surface area contributed by atoms with Crippen molar-refractivity contribution < 1.29 is 57.2 Å². The highest BCUT2D eigenvalue weighted by atomic mass is 31.3. The number of amides is 3. The molecule has 0 saturated carbocycles. The van der Waals surface area contributed by atoms with Crippen molar-refractivity contribution in [2.75, 3.05) is 19.8 Å². The highest BCUT2D eigenvalue weighted by Gasteiger charge is 2.48. The Hall–Kier alpha value is -0.920. The summed E-state index contributed by atoms with van der Waals surface area (Å²) in [7, 11) is -11.1. The van der Waals surface area contributed by atoms with Crippen molar-refractivity contribution in [3.63, 3.8) is 0 Å². The number of ether oxygens (including phenoxy) is 1. The van der Waals surface area contributed by atoms with Crippen LogP contribution in [0.1, 0.15) is 6.42 Å². The Kier molecular flexibility index (Phi) is 6.57. The summed E-state index contributed by atoms with van der Waals surface area (Å²) in [5, 5.41) is 21.6. The molecule has 0 spiro atoms. The highest BCUT2D eigenvalue weighted by molar-refractivity contribution is 7.59. The van der Waals surface area contributed by atoms with Crippen LogP contribution in [0.4, 0.5) is 4.79 Å². The zero-order chi connectivity index (χ0) is 19.7. The van der Waals surface area contributed by atoms with Crippen LogP contribution >= 0.6 is 15.6 Å². The van der Waals surface area contributed by atoms with Gasteiger partial charge in [-0.05, 0) is 0 Å². The number of aliphatic hydroxyl groups is 2. The minimum absolute atomic E-state index is 0.0504. The number of nitrogens with zero attached hydrogens (tertiary/aromatic N) is 1. The quantitative estimate of drug-likeness (QED) is 0.297. The lowest BCUT2D eigenvalue weighted by molar-refractivity contribution is -0.334. The van der Waals surface area contributed by atoms with Crippen molar-refractivity contribution in [1.29, 1.82) is 0 Å². The Balaban J connectivity index is 2.03. The van der Waals surface area contributed by atoms with Crippen LogP contribution in [0, 0.1) is 5.92 Å². The number of imide groups is 1. The van der Waals surface area contributed by atoms with Crippen LogP contribution in [0.2, 0.25) is 0 Å². The molecule has 4 N–H and O–H groups in total. The fourth-order valence-electron chi connectivity index (χ4n) is 2.58. The van der Waals surface area contributed by atoms with Crippen LogP contribution in [0.15, 0.2) is 0 Å². The SMILES string of the molecule is O=C1CCN([C@@H]2O[C@H](COP(=O)(O)OP(=O)([O-])[O-])[C@@H](CO)[C@H]2O)C(=O)N1. The molecule has 3 amide bonds. The van der Waals surface area contributed by atoms with Gasteiger partial charge in [0.2, 0.25) is 5.91 Å². The first-order valence-electron chi connectivity index (χ1n) is 7.19. The van der Waals surface area contributed by atoms with Crippen LogP contribution in [0.3, 0.4) is 0 Å². The van der Waals surface area contributed by atoms with E-state index in [1.807, 2.05) is 5.32 Å². The Bertz CT molecular complexity index is 652. The lowest BCUT2D eigenvalue weighted by Gasteiger charge is -2.33. The molecule has 2 rings (SSSR count). The smallest absolute Gasteiger partial charge is 0.476 e. The van der Waals surface area contributed by atoms with Crippen molar-refractivity contribution >= 4 is 27.6 Å². The molecule has 0 aromatic heterocycles. The maximum Gasteiger partial charge on any atom is 0.476 e. The van der Waals surface area contributed by atoms with Gasteiger partial charge in [0.05, 0.1) is 27.1 Å². The summed E-state index contributed by atoms with van der Waals surface area (Å²) >= 11 is 0. The molecule has 16 heteroatoms. The molecule has 2 aliphatic heterocycles. The monoisotopic (exact) mass is 418 g/mol. The average Bonchev–Trinajstić information content (AvgIpc) is 2.79. The van der Waals surface area contributed by atoms with Gasteiger partial charge >= 0.3 is 13.9 Å². The molecule has 0 aromatic carbocycles. The second-order valence-electron chi connectivity index (χ2n) is 5.49. The van der Waals surface area contributed by atoms with Gasteiger partial charge < -0.3 is 34.2 Å². The largest absolute Gasteiger partial charge is 0.789 e. The molecule has 0 aliphatic carbocycles. The van der Waals surface area contributed by atoms with Gasteiger partial charge in [-0.15, -0.1) is 0 Å². The molecule has 2 fully saturated rings. The highest BCUT2D eigenvalue weighted by Crippen LogP contribution is 2.54. The number of hydrogen-bond donors (Lipinski definition) is 4. The number of carbonyl (C=O) groups is 2. The molecular formula is C10H16N2O12P2-2. The predicted molar refractivity (Wildman–Crippen MR) is 74.6 cm³/mol. The fourth-order valence-corrected chi connectivity index (χ4v) is 4.11. The van der Waals surface area contributed by atoms with Crippen molar-refractivity contribution in [3.05, 3.63) is 0 Å². The second kappa shape index (κ2) is 7.98. The van der Waals surface area contributed by atoms with Crippen molar-refractivity contribution in [1.82, 2.24) is 10.2 Å². The van der Waals surface area contributed by atoms with Gasteiger partial charge in [-0.1, -0.05) is 0 Å². The van der Waals surface area contributed by atoms with Crippen LogP contribution < -0.4 is 15.1 Å². The zero-order valence-corrected chi connectivity index (χ0v) is 14.8. The molecule has 150 valence electrons. The minimum Gasteiger partial charge on any atom is -0.789 e. The van der Waals surface area contributed by atoms with Gasteiger partial charge in [0, 0.05) is 18.9 Å². The summed E-state index contributed by atoms with van der Waals surface area (Å²) in [5.41, 5.74) is 0. The molecule has 0 bridgehead atoms. The van der Waals surface area contributed by atoms with Crippen LogP contribution in [0.5, 0.6) is 0 Å². The van der Waals surface area contributed by atoms with Gasteiger partial charge in [0.25, 0.3) is 0 Å². The second-order valence-corrected chi connectivity index (χ2v) is 8.23. The van der Waals surface area contributed by atoms with Crippen LogP contribution in [-0.4, -0.2) is 70.1 Å². The van der Waals surface area contributed by atoms with E-state index in [0.29, 0.717) is 0 Å². The molecule has 0 radical (unpaired) electrons. The number of rotatable bonds is 7. The Morgan fingerprint density at radius 2 is 2.00 bits per heavy atom. The number of phosphoric ester groups is 1. The van der Waals surface area contributed by atoms with Crippen LogP contribution in [-0.2, 0) is 27.5 Å². The van der Waals surface area contributed by atoms with Crippen LogP contribution in [0.25, 0.3) is 0 Å².